The van der Waals surface area contributed by atoms with Crippen LogP contribution in [0.2, 0.25) is 0 Å². The van der Waals surface area contributed by atoms with Crippen LogP contribution in [-0.2, 0) is 0 Å². The summed E-state index contributed by atoms with van der Waals surface area (Å²) in [6.07, 6.45) is 5.86. The van der Waals surface area contributed by atoms with Crippen molar-refractivity contribution >= 4 is 21.8 Å². The van der Waals surface area contributed by atoms with Gasteiger partial charge < -0.3 is 11.1 Å². The molecule has 3 nitrogen and oxygen atoms in total. The van der Waals surface area contributed by atoms with E-state index >= 15 is 0 Å². The van der Waals surface area contributed by atoms with E-state index in [0.717, 1.165) is 12.8 Å². The van der Waals surface area contributed by atoms with Crippen LogP contribution in [0.25, 0.3) is 0 Å². The maximum atomic E-state index is 13.5. The summed E-state index contributed by atoms with van der Waals surface area (Å²) in [5.41, 5.74) is 6.12. The van der Waals surface area contributed by atoms with Crippen LogP contribution in [0.15, 0.2) is 22.7 Å². The normalized spacial score (nSPS) is 17.8. The number of nitrogens with two attached hydrogens (primary N) is 1. The summed E-state index contributed by atoms with van der Waals surface area (Å²) in [4.78, 5) is 12.3. The van der Waals surface area contributed by atoms with E-state index in [-0.39, 0.29) is 16.4 Å². The highest BCUT2D eigenvalue weighted by Crippen LogP contribution is 2.27. The third-order valence-electron chi connectivity index (χ3n) is 3.99. The molecule has 0 saturated heterocycles. The maximum absolute atomic E-state index is 13.5. The van der Waals surface area contributed by atoms with Gasteiger partial charge in [-0.1, -0.05) is 25.3 Å². The Morgan fingerprint density at radius 2 is 2.10 bits per heavy atom. The third kappa shape index (κ3) is 3.58. The quantitative estimate of drug-likeness (QED) is 0.882. The molecule has 0 bridgehead atoms. The van der Waals surface area contributed by atoms with Crippen LogP contribution in [-0.4, -0.2) is 18.5 Å². The molecule has 1 amide bonds. The molecule has 1 saturated carbocycles. The first-order chi connectivity index (χ1) is 9.63. The van der Waals surface area contributed by atoms with Gasteiger partial charge in [-0.15, -0.1) is 0 Å². The van der Waals surface area contributed by atoms with Gasteiger partial charge >= 0.3 is 0 Å². The minimum atomic E-state index is -0.431. The Morgan fingerprint density at radius 1 is 1.40 bits per heavy atom. The molecule has 1 aliphatic carbocycles. The summed E-state index contributed by atoms with van der Waals surface area (Å²) in [6.45, 7) is 0.420. The number of nitrogens with one attached hydrogen (secondary N) is 1. The van der Waals surface area contributed by atoms with Crippen molar-refractivity contribution in [3.05, 3.63) is 34.1 Å². The van der Waals surface area contributed by atoms with Gasteiger partial charge in [-0.25, -0.2) is 4.39 Å². The minimum Gasteiger partial charge on any atom is -0.348 e. The molecule has 2 rings (SSSR count). The number of hydrogen-bond acceptors (Lipinski definition) is 2. The van der Waals surface area contributed by atoms with Crippen molar-refractivity contribution < 1.29 is 9.18 Å². The molecule has 1 aromatic rings. The van der Waals surface area contributed by atoms with Gasteiger partial charge in [0.25, 0.3) is 5.91 Å². The van der Waals surface area contributed by atoms with E-state index in [1.54, 1.807) is 6.07 Å². The summed E-state index contributed by atoms with van der Waals surface area (Å²) >= 11 is 3.12. The predicted octanol–water partition coefficient (Wildman–Crippen LogP) is 3.23. The lowest BCUT2D eigenvalue weighted by atomic mass is 9.84. The van der Waals surface area contributed by atoms with E-state index in [9.17, 15) is 9.18 Å². The molecule has 0 aromatic heterocycles. The second-order valence-corrected chi connectivity index (χ2v) is 6.11. The fourth-order valence-corrected chi connectivity index (χ4v) is 3.28. The lowest BCUT2D eigenvalue weighted by Crippen LogP contribution is -2.46. The Balaban J connectivity index is 2.06. The smallest absolute Gasteiger partial charge is 0.252 e. The predicted molar refractivity (Wildman–Crippen MR) is 81.0 cm³/mol. The molecule has 110 valence electrons. The van der Waals surface area contributed by atoms with E-state index in [1.165, 1.54) is 31.4 Å². The largest absolute Gasteiger partial charge is 0.348 e. The number of benzene rings is 1. The Kier molecular flexibility index (Phi) is 5.54. The zero-order valence-corrected chi connectivity index (χ0v) is 13.0. The second kappa shape index (κ2) is 7.18. The molecule has 1 fully saturated rings. The van der Waals surface area contributed by atoms with Gasteiger partial charge in [-0.2, -0.15) is 0 Å². The van der Waals surface area contributed by atoms with Gasteiger partial charge in [0.2, 0.25) is 0 Å². The van der Waals surface area contributed by atoms with Crippen LogP contribution >= 0.6 is 15.9 Å². The fraction of sp³-hybridized carbons (Fsp3) is 0.533. The second-order valence-electron chi connectivity index (χ2n) is 5.32. The van der Waals surface area contributed by atoms with Crippen LogP contribution in [0.5, 0.6) is 0 Å². The molecule has 1 aromatic carbocycles. The Hall–Kier alpha value is -0.940. The topological polar surface area (TPSA) is 55.1 Å². The van der Waals surface area contributed by atoms with Crippen molar-refractivity contribution in [2.75, 3.05) is 6.54 Å². The maximum Gasteiger partial charge on any atom is 0.252 e. The molecule has 1 aliphatic rings. The van der Waals surface area contributed by atoms with E-state index < -0.39 is 5.82 Å². The first-order valence-corrected chi connectivity index (χ1v) is 7.87. The number of carbonyl (C=O) groups is 1. The van der Waals surface area contributed by atoms with Crippen LogP contribution < -0.4 is 11.1 Å². The minimum absolute atomic E-state index is 0.0297. The summed E-state index contributed by atoms with van der Waals surface area (Å²) in [6, 6.07) is 4.44. The number of hydrogen-bond donors (Lipinski definition) is 2. The van der Waals surface area contributed by atoms with E-state index in [1.807, 2.05) is 0 Å². The third-order valence-corrected chi connectivity index (χ3v) is 4.79. The number of amides is 1. The highest BCUT2D eigenvalue weighted by Gasteiger charge is 2.25. The van der Waals surface area contributed by atoms with Crippen molar-refractivity contribution in [3.63, 3.8) is 0 Å². The monoisotopic (exact) mass is 342 g/mol. The zero-order valence-electron chi connectivity index (χ0n) is 11.4. The van der Waals surface area contributed by atoms with Gasteiger partial charge in [0.1, 0.15) is 5.82 Å². The molecule has 1 unspecified atom stereocenters. The molecule has 20 heavy (non-hydrogen) atoms. The van der Waals surface area contributed by atoms with E-state index in [2.05, 4.69) is 21.2 Å². The number of rotatable bonds is 4. The highest BCUT2D eigenvalue weighted by atomic mass is 79.9. The van der Waals surface area contributed by atoms with Crippen LogP contribution in [0.1, 0.15) is 42.5 Å². The van der Waals surface area contributed by atoms with E-state index in [4.69, 9.17) is 5.73 Å². The first-order valence-electron chi connectivity index (χ1n) is 7.08. The summed E-state index contributed by atoms with van der Waals surface area (Å²) in [7, 11) is 0. The molecule has 0 aliphatic heterocycles. The molecule has 0 heterocycles. The Labute approximate surface area is 127 Å². The van der Waals surface area contributed by atoms with Gasteiger partial charge in [0.05, 0.1) is 10.0 Å². The van der Waals surface area contributed by atoms with Gasteiger partial charge in [-0.05, 0) is 46.8 Å². The highest BCUT2D eigenvalue weighted by molar-refractivity contribution is 9.10. The molecule has 0 radical (unpaired) electrons. The zero-order chi connectivity index (χ0) is 14.5. The molecule has 1 atom stereocenters. The molecule has 0 spiro atoms. The average molecular weight is 343 g/mol. The Morgan fingerprint density at radius 3 is 2.75 bits per heavy atom. The Bertz CT molecular complexity index is 475. The lowest BCUT2D eigenvalue weighted by Gasteiger charge is -2.30. The number of halogens is 2. The first kappa shape index (κ1) is 15.4. The SMILES string of the molecule is NCC(NC(=O)c1cccc(F)c1Br)C1CCCCC1. The van der Waals surface area contributed by atoms with Crippen molar-refractivity contribution in [3.8, 4) is 0 Å². The molecule has 5 heteroatoms. The molecule has 3 N–H and O–H groups in total. The molecular weight excluding hydrogens is 323 g/mol. The van der Waals surface area contributed by atoms with Crippen LogP contribution in [0, 0.1) is 11.7 Å². The van der Waals surface area contributed by atoms with Gasteiger partial charge in [0.15, 0.2) is 0 Å². The number of carbonyl (C=O) groups excluding carboxylic acids is 1. The van der Waals surface area contributed by atoms with Crippen LogP contribution in [0.3, 0.4) is 0 Å². The summed E-state index contributed by atoms with van der Waals surface area (Å²) < 4.78 is 13.7. The van der Waals surface area contributed by atoms with Gasteiger partial charge in [0, 0.05) is 12.6 Å². The fourth-order valence-electron chi connectivity index (χ4n) is 2.83. The van der Waals surface area contributed by atoms with Crippen molar-refractivity contribution in [2.24, 2.45) is 11.7 Å². The summed E-state index contributed by atoms with van der Waals surface area (Å²) in [5.74, 6) is -0.262. The van der Waals surface area contributed by atoms with Crippen molar-refractivity contribution in [2.45, 2.75) is 38.1 Å². The summed E-state index contributed by atoms with van der Waals surface area (Å²) in [5, 5.41) is 2.96. The van der Waals surface area contributed by atoms with E-state index in [0.29, 0.717) is 18.0 Å². The lowest BCUT2D eigenvalue weighted by molar-refractivity contribution is 0.0914. The standard InChI is InChI=1S/C15H20BrFN2O/c16-14-11(7-4-8-12(14)17)15(20)19-13(9-18)10-5-2-1-3-6-10/h4,7-8,10,13H,1-3,5-6,9,18H2,(H,19,20). The van der Waals surface area contributed by atoms with Crippen molar-refractivity contribution in [1.29, 1.82) is 0 Å². The average Bonchev–Trinajstić information content (AvgIpc) is 2.48. The van der Waals surface area contributed by atoms with Crippen LogP contribution in [0.4, 0.5) is 4.39 Å². The molecular formula is C15H20BrFN2O. The van der Waals surface area contributed by atoms with Gasteiger partial charge in [-0.3, -0.25) is 4.79 Å². The van der Waals surface area contributed by atoms with Crippen molar-refractivity contribution in [1.82, 2.24) is 5.32 Å².